The Balaban J connectivity index is 1.65. The molecule has 174 valence electrons. The molecule has 3 rings (SSSR count). The lowest BCUT2D eigenvalue weighted by Gasteiger charge is -2.35. The molecule has 0 radical (unpaired) electrons. The number of nitrogens with one attached hydrogen (secondary N) is 1. The largest absolute Gasteiger partial charge is 0.573 e. The van der Waals surface area contributed by atoms with Gasteiger partial charge < -0.3 is 14.4 Å². The second-order valence-corrected chi connectivity index (χ2v) is 7.78. The highest BCUT2D eigenvalue weighted by molar-refractivity contribution is 7.73. The molecule has 0 atom stereocenters. The Morgan fingerprint density at radius 2 is 1.72 bits per heavy atom. The van der Waals surface area contributed by atoms with Gasteiger partial charge in [0.25, 0.3) is 5.91 Å². The quantitative estimate of drug-likeness (QED) is 0.601. The third-order valence-corrected chi connectivity index (χ3v) is 5.31. The molecule has 0 bridgehead atoms. The first kappa shape index (κ1) is 23.7. The molecule has 2 aromatic carbocycles. The molecule has 0 saturated carbocycles. The third-order valence-electron chi connectivity index (χ3n) is 4.89. The normalized spacial score (nSPS) is 15.0. The highest BCUT2D eigenvalue weighted by atomic mass is 32.2. The summed E-state index contributed by atoms with van der Waals surface area (Å²) in [5.41, 5.74) is 0.665. The number of anilines is 1. The van der Waals surface area contributed by atoms with Gasteiger partial charge in [-0.3, -0.25) is 14.4 Å². The molecule has 2 aromatic rings. The van der Waals surface area contributed by atoms with Gasteiger partial charge in [0.2, 0.25) is 10.9 Å². The van der Waals surface area contributed by atoms with Crippen molar-refractivity contribution in [2.45, 2.75) is 12.9 Å². The Morgan fingerprint density at radius 3 is 2.28 bits per heavy atom. The molecule has 1 aliphatic rings. The van der Waals surface area contributed by atoms with Crippen LogP contribution < -0.4 is 14.2 Å². The molecular formula is C20H22F3N3O5S. The summed E-state index contributed by atoms with van der Waals surface area (Å²) in [4.78, 5) is 16.5. The molecule has 1 N–H and O–H groups in total. The lowest BCUT2D eigenvalue weighted by molar-refractivity contribution is -0.274. The van der Waals surface area contributed by atoms with Crippen LogP contribution in [-0.2, 0) is 17.4 Å². The summed E-state index contributed by atoms with van der Waals surface area (Å²) in [5.74, 6) is -0.485. The standard InChI is InChI=1S/C20H22F3N3O5S/c1-30-16-5-2-14(3-6-16)13-25-8-10-26(11-9-25)19(27)15-4-7-17(24-32(28)29)18(12-15)31-20(21,22)23/h2-7,12,32H,8-11,13H2,1H3,(H,24,28,29). The van der Waals surface area contributed by atoms with Crippen LogP contribution in [0.2, 0.25) is 0 Å². The Labute approximate surface area is 184 Å². The minimum Gasteiger partial charge on any atom is -0.497 e. The molecule has 0 spiro atoms. The molecule has 1 amide bonds. The van der Waals surface area contributed by atoms with Crippen LogP contribution in [0.4, 0.5) is 18.9 Å². The fourth-order valence-electron chi connectivity index (χ4n) is 3.34. The summed E-state index contributed by atoms with van der Waals surface area (Å²) in [6.07, 6.45) is -5.04. The van der Waals surface area contributed by atoms with Crippen molar-refractivity contribution >= 4 is 22.5 Å². The number of alkyl halides is 3. The number of carbonyl (C=O) groups is 1. The number of benzene rings is 2. The third kappa shape index (κ3) is 6.50. The number of ether oxygens (including phenoxy) is 2. The Hall–Kier alpha value is -2.99. The topological polar surface area (TPSA) is 88.2 Å². The number of hydrogen-bond acceptors (Lipinski definition) is 6. The second-order valence-electron chi connectivity index (χ2n) is 7.04. The fourth-order valence-corrected chi connectivity index (χ4v) is 3.72. The first-order chi connectivity index (χ1) is 15.1. The maximum atomic E-state index is 12.8. The van der Waals surface area contributed by atoms with Crippen LogP contribution in [0.15, 0.2) is 42.5 Å². The molecule has 1 heterocycles. The van der Waals surface area contributed by atoms with Crippen molar-refractivity contribution in [1.29, 1.82) is 0 Å². The van der Waals surface area contributed by atoms with E-state index in [2.05, 4.69) is 9.64 Å². The van der Waals surface area contributed by atoms with Crippen LogP contribution in [0.1, 0.15) is 15.9 Å². The number of hydrogen-bond donors (Lipinski definition) is 2. The number of piperazine rings is 1. The number of carbonyl (C=O) groups excluding carboxylic acids is 1. The molecule has 0 aliphatic carbocycles. The van der Waals surface area contributed by atoms with Gasteiger partial charge in [0.15, 0.2) is 5.75 Å². The highest BCUT2D eigenvalue weighted by Crippen LogP contribution is 2.32. The van der Waals surface area contributed by atoms with Gasteiger partial charge in [0.05, 0.1) is 12.8 Å². The zero-order valence-electron chi connectivity index (χ0n) is 17.1. The molecular weight excluding hydrogens is 451 g/mol. The predicted molar refractivity (Wildman–Crippen MR) is 111 cm³/mol. The SMILES string of the molecule is COc1ccc(CN2CCN(C(=O)c3ccc(N[SH](=O)=O)c(OC(F)(F)F)c3)CC2)cc1. The Morgan fingerprint density at radius 1 is 1.06 bits per heavy atom. The van der Waals surface area contributed by atoms with Gasteiger partial charge in [-0.1, -0.05) is 12.1 Å². The molecule has 12 heteroatoms. The number of halogens is 3. The van der Waals surface area contributed by atoms with E-state index in [1.54, 1.807) is 12.0 Å². The first-order valence-corrected chi connectivity index (χ1v) is 10.8. The van der Waals surface area contributed by atoms with Gasteiger partial charge >= 0.3 is 6.36 Å². The number of amides is 1. The van der Waals surface area contributed by atoms with Gasteiger partial charge in [-0.15, -0.1) is 13.2 Å². The van der Waals surface area contributed by atoms with E-state index in [4.69, 9.17) is 4.74 Å². The molecule has 1 aliphatic heterocycles. The molecule has 1 saturated heterocycles. The summed E-state index contributed by atoms with van der Waals surface area (Å²) in [6.45, 7) is 2.69. The molecule has 0 aromatic heterocycles. The van der Waals surface area contributed by atoms with E-state index in [1.165, 1.54) is 6.07 Å². The van der Waals surface area contributed by atoms with Crippen LogP contribution in [0, 0.1) is 0 Å². The molecule has 1 fully saturated rings. The monoisotopic (exact) mass is 473 g/mol. The lowest BCUT2D eigenvalue weighted by atomic mass is 10.1. The number of thiol groups is 1. The lowest BCUT2D eigenvalue weighted by Crippen LogP contribution is -2.48. The molecule has 8 nitrogen and oxygen atoms in total. The van der Waals surface area contributed by atoms with Gasteiger partial charge in [0, 0.05) is 38.3 Å². The van der Waals surface area contributed by atoms with Crippen LogP contribution in [0.25, 0.3) is 0 Å². The average Bonchev–Trinajstić information content (AvgIpc) is 2.74. The van der Waals surface area contributed by atoms with Crippen molar-refractivity contribution in [3.8, 4) is 11.5 Å². The van der Waals surface area contributed by atoms with Crippen LogP contribution in [0.3, 0.4) is 0 Å². The fraction of sp³-hybridized carbons (Fsp3) is 0.350. The van der Waals surface area contributed by atoms with E-state index in [0.717, 1.165) is 23.4 Å². The average molecular weight is 473 g/mol. The van der Waals surface area contributed by atoms with Gasteiger partial charge in [-0.2, -0.15) is 0 Å². The second kappa shape index (κ2) is 10.1. The Bertz CT molecular complexity index is 1010. The molecule has 0 unspecified atom stereocenters. The maximum Gasteiger partial charge on any atom is 0.573 e. The van der Waals surface area contributed by atoms with Gasteiger partial charge in [-0.05, 0) is 35.9 Å². The zero-order chi connectivity index (χ0) is 23.3. The van der Waals surface area contributed by atoms with E-state index in [1.807, 2.05) is 29.0 Å². The van der Waals surface area contributed by atoms with Crippen molar-refractivity contribution in [3.05, 3.63) is 53.6 Å². The number of nitrogens with zero attached hydrogens (tertiary/aromatic N) is 2. The summed E-state index contributed by atoms with van der Waals surface area (Å²) in [5, 5.41) is 0. The maximum absolute atomic E-state index is 12.8. The number of rotatable bonds is 7. The van der Waals surface area contributed by atoms with Gasteiger partial charge in [0.1, 0.15) is 5.75 Å². The highest BCUT2D eigenvalue weighted by Gasteiger charge is 2.33. The first-order valence-electron chi connectivity index (χ1n) is 9.60. The summed E-state index contributed by atoms with van der Waals surface area (Å²) in [6, 6.07) is 10.9. The van der Waals surface area contributed by atoms with Crippen LogP contribution in [-0.4, -0.2) is 63.8 Å². The van der Waals surface area contributed by atoms with Crippen molar-refractivity contribution in [3.63, 3.8) is 0 Å². The van der Waals surface area contributed by atoms with Gasteiger partial charge in [-0.25, -0.2) is 8.42 Å². The van der Waals surface area contributed by atoms with Crippen molar-refractivity contribution in [2.24, 2.45) is 0 Å². The van der Waals surface area contributed by atoms with Crippen molar-refractivity contribution < 1.29 is 35.9 Å². The summed E-state index contributed by atoms with van der Waals surface area (Å²) in [7, 11) is -1.61. The smallest absolute Gasteiger partial charge is 0.497 e. The van der Waals surface area contributed by atoms with Crippen molar-refractivity contribution in [2.75, 3.05) is 38.0 Å². The van der Waals surface area contributed by atoms with E-state index in [9.17, 15) is 26.4 Å². The predicted octanol–water partition coefficient (Wildman–Crippen LogP) is 2.49. The van der Waals surface area contributed by atoms with Crippen LogP contribution in [0.5, 0.6) is 11.5 Å². The van der Waals surface area contributed by atoms with Crippen LogP contribution >= 0.6 is 0 Å². The minimum atomic E-state index is -5.04. The van der Waals surface area contributed by atoms with E-state index in [-0.39, 0.29) is 5.56 Å². The summed E-state index contributed by atoms with van der Waals surface area (Å²) >= 11 is 0. The number of methoxy groups -OCH3 is 1. The Kier molecular flexibility index (Phi) is 7.46. The summed E-state index contributed by atoms with van der Waals surface area (Å²) < 4.78 is 70.7. The minimum absolute atomic E-state index is 0.0282. The van der Waals surface area contributed by atoms with E-state index < -0.39 is 34.6 Å². The van der Waals surface area contributed by atoms with E-state index in [0.29, 0.717) is 32.7 Å². The van der Waals surface area contributed by atoms with E-state index >= 15 is 0 Å². The zero-order valence-corrected chi connectivity index (χ0v) is 18.0. The van der Waals surface area contributed by atoms with Crippen molar-refractivity contribution in [1.82, 2.24) is 9.80 Å². The molecule has 32 heavy (non-hydrogen) atoms.